The van der Waals surface area contributed by atoms with Crippen LogP contribution in [-0.2, 0) is 11.2 Å². The number of hydrogen-bond acceptors (Lipinski definition) is 7. The highest BCUT2D eigenvalue weighted by Gasteiger charge is 2.21. The first-order chi connectivity index (χ1) is 22.3. The van der Waals surface area contributed by atoms with E-state index < -0.39 is 23.0 Å². The van der Waals surface area contributed by atoms with E-state index >= 15 is 4.39 Å². The summed E-state index contributed by atoms with van der Waals surface area (Å²) in [5.74, 6) is -1.17. The van der Waals surface area contributed by atoms with Crippen molar-refractivity contribution in [2.24, 2.45) is 0 Å². The molecular formula is C35H33F2N5O4. The van der Waals surface area contributed by atoms with E-state index in [1.54, 1.807) is 44.3 Å². The van der Waals surface area contributed by atoms with Crippen molar-refractivity contribution in [3.8, 4) is 17.0 Å². The Kier molecular flexibility index (Phi) is 9.13. The monoisotopic (exact) mass is 625 g/mol. The Labute approximate surface area is 264 Å². The lowest BCUT2D eigenvalue weighted by molar-refractivity contribution is 0.0320. The number of carbonyl (C=O) groups excluding carboxylic acids is 1. The Morgan fingerprint density at radius 1 is 1.00 bits per heavy atom. The fraction of sp³-hybridized carbons (Fsp3) is 0.257. The van der Waals surface area contributed by atoms with Crippen LogP contribution in [0.15, 0.2) is 71.7 Å². The molecular weight excluding hydrogens is 592 g/mol. The van der Waals surface area contributed by atoms with Gasteiger partial charge in [0.1, 0.15) is 23.8 Å². The number of aromatic amines is 1. The number of fused-ring (bicyclic) bond motifs is 1. The number of carbonyl (C=O) groups is 1. The fourth-order valence-electron chi connectivity index (χ4n) is 5.66. The number of benzene rings is 2. The smallest absolute Gasteiger partial charge is 0.261 e. The van der Waals surface area contributed by atoms with Crippen LogP contribution in [0.4, 0.5) is 14.5 Å². The second-order valence-corrected chi connectivity index (χ2v) is 11.2. The SMILES string of the molecule is Cc1[nH]c(C)c(-c2ccc(F)cc2)c(=O)c1C(=O)Nc1ccc(Cc2ccnc3ccc(OCCN4CCOCC4)nc23)c(F)c1. The van der Waals surface area contributed by atoms with E-state index in [2.05, 4.69) is 25.2 Å². The topological polar surface area (TPSA) is 109 Å². The molecule has 0 saturated carbocycles. The molecule has 1 saturated heterocycles. The van der Waals surface area contributed by atoms with Gasteiger partial charge in [-0.3, -0.25) is 19.5 Å². The zero-order chi connectivity index (χ0) is 32.2. The summed E-state index contributed by atoms with van der Waals surface area (Å²) < 4.78 is 40.2. The molecule has 0 bridgehead atoms. The van der Waals surface area contributed by atoms with Crippen molar-refractivity contribution >= 4 is 22.6 Å². The van der Waals surface area contributed by atoms with Gasteiger partial charge < -0.3 is 19.8 Å². The Balaban J connectivity index is 1.18. The standard InChI is InChI=1S/C35H33F2N5O4/c1-21-31(23-3-6-26(36)7-4-23)34(43)32(22(2)39-21)35(44)40-27-8-5-24(28(37)20-27)19-25-11-12-38-29-9-10-30(41-33(25)29)46-18-15-42-13-16-45-17-14-42/h3-12,20H,13-19H2,1-2H3,(H,39,43)(H,40,44). The molecule has 0 aliphatic carbocycles. The number of pyridine rings is 3. The number of amides is 1. The van der Waals surface area contributed by atoms with Crippen LogP contribution in [0.2, 0.25) is 0 Å². The minimum Gasteiger partial charge on any atom is -0.476 e. The minimum absolute atomic E-state index is 0.105. The van der Waals surface area contributed by atoms with Crippen molar-refractivity contribution in [1.29, 1.82) is 0 Å². The summed E-state index contributed by atoms with van der Waals surface area (Å²) in [5, 5.41) is 2.65. The van der Waals surface area contributed by atoms with E-state index in [1.165, 1.54) is 30.3 Å². The summed E-state index contributed by atoms with van der Waals surface area (Å²) in [5.41, 5.74) is 3.70. The van der Waals surface area contributed by atoms with Crippen LogP contribution in [-0.4, -0.2) is 65.2 Å². The molecule has 9 nitrogen and oxygen atoms in total. The molecule has 1 aliphatic heterocycles. The molecule has 4 heterocycles. The number of rotatable bonds is 9. The van der Waals surface area contributed by atoms with Gasteiger partial charge in [-0.05, 0) is 66.9 Å². The van der Waals surface area contributed by atoms with Gasteiger partial charge in [0.05, 0.1) is 24.2 Å². The van der Waals surface area contributed by atoms with Crippen LogP contribution in [0.1, 0.15) is 32.9 Å². The van der Waals surface area contributed by atoms with Gasteiger partial charge in [-0.1, -0.05) is 18.2 Å². The summed E-state index contributed by atoms with van der Waals surface area (Å²) in [6.07, 6.45) is 1.90. The summed E-state index contributed by atoms with van der Waals surface area (Å²) in [6, 6.07) is 15.3. The number of morpholine rings is 1. The van der Waals surface area contributed by atoms with Crippen molar-refractivity contribution in [2.75, 3.05) is 44.8 Å². The molecule has 3 aromatic heterocycles. The predicted molar refractivity (Wildman–Crippen MR) is 171 cm³/mol. The van der Waals surface area contributed by atoms with E-state index in [4.69, 9.17) is 9.47 Å². The minimum atomic E-state index is -0.681. The zero-order valence-electron chi connectivity index (χ0n) is 25.5. The number of halogens is 2. The second-order valence-electron chi connectivity index (χ2n) is 11.2. The number of aryl methyl sites for hydroxylation is 2. The predicted octanol–water partition coefficient (Wildman–Crippen LogP) is 5.43. The van der Waals surface area contributed by atoms with Gasteiger partial charge in [0, 0.05) is 61.0 Å². The van der Waals surface area contributed by atoms with Crippen LogP contribution in [0.25, 0.3) is 22.2 Å². The first-order valence-corrected chi connectivity index (χ1v) is 15.0. The molecule has 0 atom stereocenters. The molecule has 0 spiro atoms. The third-order valence-electron chi connectivity index (χ3n) is 8.03. The van der Waals surface area contributed by atoms with Gasteiger partial charge in [0.2, 0.25) is 11.3 Å². The molecule has 46 heavy (non-hydrogen) atoms. The first kappa shape index (κ1) is 31.0. The van der Waals surface area contributed by atoms with Crippen molar-refractivity contribution in [1.82, 2.24) is 19.9 Å². The van der Waals surface area contributed by atoms with Crippen LogP contribution >= 0.6 is 0 Å². The van der Waals surface area contributed by atoms with Gasteiger partial charge in [0.15, 0.2) is 0 Å². The molecule has 1 fully saturated rings. The summed E-state index contributed by atoms with van der Waals surface area (Å²) in [6.45, 7) is 7.78. The molecule has 1 amide bonds. The lowest BCUT2D eigenvalue weighted by atomic mass is 9.99. The highest BCUT2D eigenvalue weighted by atomic mass is 19.1. The highest BCUT2D eigenvalue weighted by molar-refractivity contribution is 6.05. The van der Waals surface area contributed by atoms with Crippen LogP contribution < -0.4 is 15.5 Å². The lowest BCUT2D eigenvalue weighted by Crippen LogP contribution is -2.38. The van der Waals surface area contributed by atoms with Gasteiger partial charge in [-0.15, -0.1) is 0 Å². The number of aromatic nitrogens is 3. The van der Waals surface area contributed by atoms with Gasteiger partial charge in [-0.2, -0.15) is 0 Å². The maximum absolute atomic E-state index is 15.4. The molecule has 2 N–H and O–H groups in total. The number of H-pyrrole nitrogens is 1. The molecule has 2 aromatic carbocycles. The molecule has 0 unspecified atom stereocenters. The average molecular weight is 626 g/mol. The van der Waals surface area contributed by atoms with E-state index in [9.17, 15) is 14.0 Å². The Morgan fingerprint density at radius 3 is 2.54 bits per heavy atom. The number of hydrogen-bond donors (Lipinski definition) is 2. The summed E-state index contributed by atoms with van der Waals surface area (Å²) in [7, 11) is 0. The van der Waals surface area contributed by atoms with Gasteiger partial charge >= 0.3 is 0 Å². The van der Waals surface area contributed by atoms with E-state index in [1.807, 2.05) is 6.07 Å². The van der Waals surface area contributed by atoms with E-state index in [0.717, 1.165) is 38.4 Å². The fourth-order valence-corrected chi connectivity index (χ4v) is 5.66. The lowest BCUT2D eigenvalue weighted by Gasteiger charge is -2.26. The Bertz CT molecular complexity index is 1960. The molecule has 5 aromatic rings. The second kappa shape index (κ2) is 13.6. The number of anilines is 1. The highest BCUT2D eigenvalue weighted by Crippen LogP contribution is 2.25. The maximum Gasteiger partial charge on any atom is 0.261 e. The van der Waals surface area contributed by atoms with Gasteiger partial charge in [-0.25, -0.2) is 13.8 Å². The first-order valence-electron chi connectivity index (χ1n) is 15.0. The normalized spacial score (nSPS) is 13.6. The molecule has 0 radical (unpaired) electrons. The third-order valence-corrected chi connectivity index (χ3v) is 8.03. The summed E-state index contributed by atoms with van der Waals surface area (Å²) >= 11 is 0. The van der Waals surface area contributed by atoms with Crippen LogP contribution in [0, 0.1) is 25.5 Å². The van der Waals surface area contributed by atoms with Gasteiger partial charge in [0.25, 0.3) is 5.91 Å². The summed E-state index contributed by atoms with van der Waals surface area (Å²) in [4.78, 5) is 41.1. The largest absolute Gasteiger partial charge is 0.476 e. The number of nitrogens with zero attached hydrogens (tertiary/aromatic N) is 3. The van der Waals surface area contributed by atoms with Crippen LogP contribution in [0.5, 0.6) is 5.88 Å². The Hall–Kier alpha value is -5.00. The van der Waals surface area contributed by atoms with Crippen molar-refractivity contribution in [2.45, 2.75) is 20.3 Å². The zero-order valence-corrected chi connectivity index (χ0v) is 25.5. The molecule has 6 rings (SSSR count). The molecule has 236 valence electrons. The third kappa shape index (κ3) is 6.80. The van der Waals surface area contributed by atoms with Crippen molar-refractivity contribution in [3.05, 3.63) is 117 Å². The average Bonchev–Trinajstić information content (AvgIpc) is 3.04. The quantitative estimate of drug-likeness (QED) is 0.225. The van der Waals surface area contributed by atoms with Crippen LogP contribution in [0.3, 0.4) is 0 Å². The number of nitrogens with one attached hydrogen (secondary N) is 2. The molecule has 1 aliphatic rings. The molecule has 11 heteroatoms. The number of ether oxygens (including phenoxy) is 2. The van der Waals surface area contributed by atoms with E-state index in [-0.39, 0.29) is 23.2 Å². The van der Waals surface area contributed by atoms with E-state index in [0.29, 0.717) is 46.0 Å². The maximum atomic E-state index is 15.4. The Morgan fingerprint density at radius 2 is 1.78 bits per heavy atom. The van der Waals surface area contributed by atoms with Crippen molar-refractivity contribution < 1.29 is 23.0 Å². The van der Waals surface area contributed by atoms with Crippen molar-refractivity contribution in [3.63, 3.8) is 0 Å².